The van der Waals surface area contributed by atoms with Gasteiger partial charge in [-0.2, -0.15) is 0 Å². The lowest BCUT2D eigenvalue weighted by Crippen LogP contribution is -2.45. The van der Waals surface area contributed by atoms with Gasteiger partial charge in [-0.25, -0.2) is 4.99 Å². The van der Waals surface area contributed by atoms with Gasteiger partial charge in [0.05, 0.1) is 13.7 Å². The maximum absolute atomic E-state index is 5.39. The van der Waals surface area contributed by atoms with Crippen LogP contribution in [0.5, 0.6) is 5.75 Å². The first kappa shape index (κ1) is 24.0. The van der Waals surface area contributed by atoms with Gasteiger partial charge in [0.1, 0.15) is 5.75 Å². The van der Waals surface area contributed by atoms with Crippen molar-refractivity contribution >= 4 is 29.9 Å². The zero-order valence-electron chi connectivity index (χ0n) is 16.5. The molecule has 0 spiro atoms. The van der Waals surface area contributed by atoms with Gasteiger partial charge in [0.15, 0.2) is 5.96 Å². The number of nitrogens with zero attached hydrogens (tertiary/aromatic N) is 2. The van der Waals surface area contributed by atoms with E-state index in [1.54, 1.807) is 7.11 Å². The third-order valence-corrected chi connectivity index (χ3v) is 3.92. The molecule has 0 saturated heterocycles. The summed E-state index contributed by atoms with van der Waals surface area (Å²) in [6.07, 6.45) is 1.16. The number of para-hydroxylation sites is 1. The molecule has 5 nitrogen and oxygen atoms in total. The number of likely N-dealkylation sites (N-methyl/N-ethyl adjacent to an activating group) is 1. The Hall–Kier alpha value is -1.02. The number of hydrogen-bond donors (Lipinski definition) is 2. The summed E-state index contributed by atoms with van der Waals surface area (Å²) in [4.78, 5) is 6.97. The molecule has 1 aromatic rings. The minimum atomic E-state index is 0. The maximum atomic E-state index is 5.39. The highest BCUT2D eigenvalue weighted by Gasteiger charge is 2.13. The average Bonchev–Trinajstić information content (AvgIpc) is 2.55. The van der Waals surface area contributed by atoms with Crippen molar-refractivity contribution in [1.82, 2.24) is 15.5 Å². The molecule has 0 fully saturated rings. The van der Waals surface area contributed by atoms with Crippen LogP contribution in [-0.2, 0) is 6.54 Å². The second-order valence-corrected chi connectivity index (χ2v) is 6.63. The Balaban J connectivity index is 0.00000576. The van der Waals surface area contributed by atoms with Crippen LogP contribution in [0.2, 0.25) is 0 Å². The van der Waals surface area contributed by atoms with Crippen molar-refractivity contribution in [2.45, 2.75) is 39.8 Å². The van der Waals surface area contributed by atoms with Crippen molar-refractivity contribution in [1.29, 1.82) is 0 Å². The second-order valence-electron chi connectivity index (χ2n) is 6.63. The van der Waals surface area contributed by atoms with Gasteiger partial charge in [0, 0.05) is 24.7 Å². The zero-order chi connectivity index (χ0) is 17.9. The number of aliphatic imine (C=N–C) groups is 1. The summed E-state index contributed by atoms with van der Waals surface area (Å²) in [6, 6.07) is 8.49. The molecule has 0 amide bonds. The number of methoxy groups -OCH3 is 1. The molecule has 0 radical (unpaired) electrons. The van der Waals surface area contributed by atoms with Crippen LogP contribution in [0.15, 0.2) is 29.3 Å². The van der Waals surface area contributed by atoms with Crippen molar-refractivity contribution in [3.63, 3.8) is 0 Å². The molecule has 1 aromatic carbocycles. The van der Waals surface area contributed by atoms with Gasteiger partial charge in [-0.05, 0) is 39.4 Å². The maximum Gasteiger partial charge on any atom is 0.191 e. The number of nitrogens with one attached hydrogen (secondary N) is 2. The Bertz CT molecular complexity index is 506. The topological polar surface area (TPSA) is 48.9 Å². The summed E-state index contributed by atoms with van der Waals surface area (Å²) in [5.41, 5.74) is 1.09. The van der Waals surface area contributed by atoms with Gasteiger partial charge < -0.3 is 20.3 Å². The number of rotatable bonds is 9. The Labute approximate surface area is 170 Å². The monoisotopic (exact) mass is 462 g/mol. The number of halogens is 1. The zero-order valence-corrected chi connectivity index (χ0v) is 18.8. The van der Waals surface area contributed by atoms with Gasteiger partial charge in [-0.1, -0.05) is 32.0 Å². The van der Waals surface area contributed by atoms with Crippen LogP contribution in [-0.4, -0.2) is 51.2 Å². The first-order chi connectivity index (χ1) is 11.5. The van der Waals surface area contributed by atoms with Crippen molar-refractivity contribution in [3.05, 3.63) is 29.8 Å². The summed E-state index contributed by atoms with van der Waals surface area (Å²) >= 11 is 0. The lowest BCUT2D eigenvalue weighted by atomic mass is 10.0. The smallest absolute Gasteiger partial charge is 0.191 e. The summed E-state index contributed by atoms with van der Waals surface area (Å²) in [7, 11) is 5.96. The summed E-state index contributed by atoms with van der Waals surface area (Å²) in [6.45, 7) is 8.92. The Morgan fingerprint density at radius 2 is 1.88 bits per heavy atom. The van der Waals surface area contributed by atoms with Crippen LogP contribution < -0.4 is 15.4 Å². The van der Waals surface area contributed by atoms with Crippen LogP contribution >= 0.6 is 24.0 Å². The Kier molecular flexibility index (Phi) is 12.7. The average molecular weight is 462 g/mol. The molecule has 0 heterocycles. The van der Waals surface area contributed by atoms with Crippen LogP contribution in [0.3, 0.4) is 0 Å². The van der Waals surface area contributed by atoms with E-state index < -0.39 is 0 Å². The van der Waals surface area contributed by atoms with E-state index in [1.807, 2.05) is 24.3 Å². The fraction of sp³-hybridized carbons (Fsp3) is 0.632. The van der Waals surface area contributed by atoms with Gasteiger partial charge in [-0.3, -0.25) is 0 Å². The lowest BCUT2D eigenvalue weighted by Gasteiger charge is -2.27. The third kappa shape index (κ3) is 9.30. The molecule has 2 N–H and O–H groups in total. The van der Waals surface area contributed by atoms with Gasteiger partial charge in [0.25, 0.3) is 0 Å². The molecule has 0 aromatic heterocycles. The molecule has 1 atom stereocenters. The van der Waals surface area contributed by atoms with E-state index in [0.717, 1.165) is 36.8 Å². The number of hydrogen-bond acceptors (Lipinski definition) is 3. The van der Waals surface area contributed by atoms with Crippen LogP contribution in [0, 0.1) is 5.92 Å². The van der Waals surface area contributed by atoms with E-state index in [2.05, 4.69) is 50.4 Å². The first-order valence-electron chi connectivity index (χ1n) is 8.78. The summed E-state index contributed by atoms with van der Waals surface area (Å²) in [5.74, 6) is 2.40. The van der Waals surface area contributed by atoms with E-state index >= 15 is 0 Å². The SMILES string of the molecule is CCNC(=NCc1ccccc1OC)NCC(CC(C)C)N(C)C.I. The Morgan fingerprint density at radius 3 is 2.44 bits per heavy atom. The highest BCUT2D eigenvalue weighted by molar-refractivity contribution is 14.0. The molecular formula is C19H35IN4O. The van der Waals surface area contributed by atoms with Crippen LogP contribution in [0.1, 0.15) is 32.8 Å². The van der Waals surface area contributed by atoms with E-state index in [-0.39, 0.29) is 24.0 Å². The Morgan fingerprint density at radius 1 is 1.20 bits per heavy atom. The number of benzene rings is 1. The molecule has 0 saturated carbocycles. The largest absolute Gasteiger partial charge is 0.496 e. The standard InChI is InChI=1S/C19H34N4O.HI/c1-7-20-19(22-14-17(23(4)5)12-15(2)3)21-13-16-10-8-9-11-18(16)24-6;/h8-11,15,17H,7,12-14H2,1-6H3,(H2,20,21,22);1H. The fourth-order valence-electron chi connectivity index (χ4n) is 2.57. The van der Waals surface area contributed by atoms with Crippen molar-refractivity contribution in [2.75, 3.05) is 34.3 Å². The first-order valence-corrected chi connectivity index (χ1v) is 8.78. The molecule has 144 valence electrons. The predicted molar refractivity (Wildman–Crippen MR) is 118 cm³/mol. The van der Waals surface area contributed by atoms with E-state index in [0.29, 0.717) is 18.5 Å². The molecule has 0 bridgehead atoms. The van der Waals surface area contributed by atoms with Crippen molar-refractivity contribution < 1.29 is 4.74 Å². The quantitative estimate of drug-likeness (QED) is 0.336. The lowest BCUT2D eigenvalue weighted by molar-refractivity contribution is 0.254. The minimum Gasteiger partial charge on any atom is -0.496 e. The molecule has 0 aliphatic rings. The molecule has 1 rings (SSSR count). The molecular weight excluding hydrogens is 427 g/mol. The predicted octanol–water partition coefficient (Wildman–Crippen LogP) is 3.34. The van der Waals surface area contributed by atoms with E-state index in [4.69, 9.17) is 9.73 Å². The van der Waals surface area contributed by atoms with E-state index in [9.17, 15) is 0 Å². The van der Waals surface area contributed by atoms with Gasteiger partial charge in [0.2, 0.25) is 0 Å². The highest BCUT2D eigenvalue weighted by atomic mass is 127. The minimum absolute atomic E-state index is 0. The van der Waals surface area contributed by atoms with Crippen LogP contribution in [0.4, 0.5) is 0 Å². The van der Waals surface area contributed by atoms with Crippen molar-refractivity contribution in [3.8, 4) is 5.75 Å². The normalized spacial score (nSPS) is 12.7. The van der Waals surface area contributed by atoms with Crippen LogP contribution in [0.25, 0.3) is 0 Å². The number of ether oxygens (including phenoxy) is 1. The van der Waals surface area contributed by atoms with Crippen molar-refractivity contribution in [2.24, 2.45) is 10.9 Å². The second kappa shape index (κ2) is 13.2. The molecule has 1 unspecified atom stereocenters. The number of guanidine groups is 1. The molecule has 0 aliphatic heterocycles. The van der Waals surface area contributed by atoms with E-state index in [1.165, 1.54) is 0 Å². The fourth-order valence-corrected chi connectivity index (χ4v) is 2.57. The molecule has 25 heavy (non-hydrogen) atoms. The third-order valence-electron chi connectivity index (χ3n) is 3.92. The highest BCUT2D eigenvalue weighted by Crippen LogP contribution is 2.17. The summed E-state index contributed by atoms with van der Waals surface area (Å²) in [5, 5.41) is 6.79. The molecule has 6 heteroatoms. The van der Waals surface area contributed by atoms with Gasteiger partial charge in [-0.15, -0.1) is 24.0 Å². The van der Waals surface area contributed by atoms with Gasteiger partial charge >= 0.3 is 0 Å². The molecule has 0 aliphatic carbocycles. The summed E-state index contributed by atoms with van der Waals surface area (Å²) < 4.78 is 5.39.